The molecule has 1 aliphatic heterocycles. The van der Waals surface area contributed by atoms with Crippen LogP contribution in [0.4, 0.5) is 10.2 Å². The SMILES string of the molecule is COc1ccc(CNc2nc3cc(Cl)c(C(=O)N4CCCC4c4ccc(F)cc4)cc3n3cncc23)cc1. The van der Waals surface area contributed by atoms with Gasteiger partial charge in [-0.2, -0.15) is 0 Å². The fourth-order valence-corrected chi connectivity index (χ4v) is 5.33. The van der Waals surface area contributed by atoms with Crippen molar-refractivity contribution in [3.63, 3.8) is 0 Å². The first-order valence-corrected chi connectivity index (χ1v) is 12.8. The molecule has 1 amide bonds. The number of hydrogen-bond acceptors (Lipinski definition) is 5. The van der Waals surface area contributed by atoms with Crippen molar-refractivity contribution < 1.29 is 13.9 Å². The molecule has 2 aromatic heterocycles. The highest BCUT2D eigenvalue weighted by molar-refractivity contribution is 6.34. The maximum Gasteiger partial charge on any atom is 0.255 e. The topological polar surface area (TPSA) is 71.8 Å². The number of carbonyl (C=O) groups is 1. The zero-order chi connectivity index (χ0) is 26.2. The number of nitrogens with zero attached hydrogens (tertiary/aromatic N) is 4. The predicted octanol–water partition coefficient (Wildman–Crippen LogP) is 6.27. The first-order valence-electron chi connectivity index (χ1n) is 12.4. The predicted molar refractivity (Wildman–Crippen MR) is 145 cm³/mol. The van der Waals surface area contributed by atoms with Crippen molar-refractivity contribution in [3.05, 3.63) is 101 Å². The Kier molecular flexibility index (Phi) is 6.33. The van der Waals surface area contributed by atoms with Crippen molar-refractivity contribution in [2.45, 2.75) is 25.4 Å². The van der Waals surface area contributed by atoms with Crippen molar-refractivity contribution in [1.29, 1.82) is 0 Å². The van der Waals surface area contributed by atoms with Gasteiger partial charge in [-0.3, -0.25) is 9.20 Å². The van der Waals surface area contributed by atoms with Gasteiger partial charge in [0, 0.05) is 13.1 Å². The molecule has 6 rings (SSSR count). The Morgan fingerprint density at radius 3 is 2.68 bits per heavy atom. The number of benzene rings is 3. The molecule has 192 valence electrons. The Morgan fingerprint density at radius 1 is 1.13 bits per heavy atom. The Labute approximate surface area is 223 Å². The number of imidazole rings is 1. The van der Waals surface area contributed by atoms with Crippen LogP contribution in [0, 0.1) is 5.82 Å². The van der Waals surface area contributed by atoms with E-state index in [9.17, 15) is 9.18 Å². The normalized spacial score (nSPS) is 15.3. The zero-order valence-corrected chi connectivity index (χ0v) is 21.5. The van der Waals surface area contributed by atoms with Gasteiger partial charge in [0.05, 0.1) is 47.3 Å². The molecule has 5 aromatic rings. The Balaban J connectivity index is 1.32. The molecule has 0 radical (unpaired) electrons. The van der Waals surface area contributed by atoms with Crippen molar-refractivity contribution in [1.82, 2.24) is 19.3 Å². The third kappa shape index (κ3) is 4.41. The highest BCUT2D eigenvalue weighted by Crippen LogP contribution is 2.35. The fourth-order valence-electron chi connectivity index (χ4n) is 5.09. The van der Waals surface area contributed by atoms with Crippen LogP contribution in [0.2, 0.25) is 5.02 Å². The van der Waals surface area contributed by atoms with Crippen LogP contribution in [0.1, 0.15) is 40.4 Å². The lowest BCUT2D eigenvalue weighted by Crippen LogP contribution is -2.30. The number of ether oxygens (including phenoxy) is 1. The van der Waals surface area contributed by atoms with Crippen LogP contribution in [-0.2, 0) is 6.54 Å². The number of fused-ring (bicyclic) bond motifs is 3. The van der Waals surface area contributed by atoms with Gasteiger partial charge in [0.2, 0.25) is 0 Å². The molecule has 0 bridgehead atoms. The summed E-state index contributed by atoms with van der Waals surface area (Å²) < 4.78 is 20.6. The van der Waals surface area contributed by atoms with E-state index in [1.54, 1.807) is 43.9 Å². The summed E-state index contributed by atoms with van der Waals surface area (Å²) in [6, 6.07) is 17.6. The number of anilines is 1. The number of hydrogen-bond donors (Lipinski definition) is 1. The lowest BCUT2D eigenvalue weighted by atomic mass is 10.0. The standard InChI is InChI=1S/C29H25ClFN5O2/c1-38-21-10-4-18(5-11-21)15-33-28-27-16-32-17-36(27)26-13-22(23(30)14-24(26)34-28)29(37)35-12-2-3-25(35)19-6-8-20(31)9-7-19/h4-11,13-14,16-17,25H,2-3,12,15H2,1H3,(H,33,34). The molecule has 38 heavy (non-hydrogen) atoms. The lowest BCUT2D eigenvalue weighted by Gasteiger charge is -2.26. The van der Waals surface area contributed by atoms with Gasteiger partial charge >= 0.3 is 0 Å². The zero-order valence-electron chi connectivity index (χ0n) is 20.7. The second-order valence-electron chi connectivity index (χ2n) is 9.34. The highest BCUT2D eigenvalue weighted by atomic mass is 35.5. The summed E-state index contributed by atoms with van der Waals surface area (Å²) in [5, 5.41) is 3.73. The van der Waals surface area contributed by atoms with Crippen LogP contribution in [0.15, 0.2) is 73.2 Å². The van der Waals surface area contributed by atoms with Crippen LogP contribution >= 0.6 is 11.6 Å². The molecule has 7 nitrogen and oxygen atoms in total. The van der Waals surface area contributed by atoms with Crippen LogP contribution in [0.25, 0.3) is 16.6 Å². The van der Waals surface area contributed by atoms with E-state index in [-0.39, 0.29) is 17.8 Å². The summed E-state index contributed by atoms with van der Waals surface area (Å²) >= 11 is 6.68. The third-order valence-electron chi connectivity index (χ3n) is 7.05. The fraction of sp³-hybridized carbons (Fsp3) is 0.207. The summed E-state index contributed by atoms with van der Waals surface area (Å²) in [6.07, 6.45) is 5.13. The van der Waals surface area contributed by atoms with E-state index >= 15 is 0 Å². The molecule has 0 aliphatic carbocycles. The van der Waals surface area contributed by atoms with Gasteiger partial charge in [0.15, 0.2) is 5.82 Å². The molecule has 1 N–H and O–H groups in total. The van der Waals surface area contributed by atoms with E-state index in [4.69, 9.17) is 21.3 Å². The molecule has 3 heterocycles. The van der Waals surface area contributed by atoms with E-state index in [1.807, 2.05) is 33.6 Å². The van der Waals surface area contributed by atoms with E-state index in [0.29, 0.717) is 35.0 Å². The van der Waals surface area contributed by atoms with Gasteiger partial charge in [0.25, 0.3) is 5.91 Å². The first-order chi connectivity index (χ1) is 18.5. The summed E-state index contributed by atoms with van der Waals surface area (Å²) in [7, 11) is 1.64. The molecular formula is C29H25ClFN5O2. The summed E-state index contributed by atoms with van der Waals surface area (Å²) in [6.45, 7) is 1.18. The van der Waals surface area contributed by atoms with Gasteiger partial charge in [-0.1, -0.05) is 35.9 Å². The Morgan fingerprint density at radius 2 is 1.92 bits per heavy atom. The van der Waals surface area contributed by atoms with Gasteiger partial charge < -0.3 is 15.0 Å². The monoisotopic (exact) mass is 529 g/mol. The van der Waals surface area contributed by atoms with Crippen molar-refractivity contribution in [3.8, 4) is 5.75 Å². The van der Waals surface area contributed by atoms with Gasteiger partial charge in [0.1, 0.15) is 17.1 Å². The molecule has 1 fully saturated rings. The quantitative estimate of drug-likeness (QED) is 0.280. The van der Waals surface area contributed by atoms with E-state index in [0.717, 1.165) is 40.8 Å². The average molecular weight is 530 g/mol. The minimum Gasteiger partial charge on any atom is -0.497 e. The summed E-state index contributed by atoms with van der Waals surface area (Å²) in [5.74, 6) is 1.01. The van der Waals surface area contributed by atoms with Crippen LogP contribution in [0.5, 0.6) is 5.75 Å². The number of amides is 1. The van der Waals surface area contributed by atoms with Gasteiger partial charge in [-0.15, -0.1) is 0 Å². The number of halogens is 2. The second-order valence-corrected chi connectivity index (χ2v) is 9.75. The third-order valence-corrected chi connectivity index (χ3v) is 7.37. The van der Waals surface area contributed by atoms with Crippen LogP contribution < -0.4 is 10.1 Å². The van der Waals surface area contributed by atoms with Crippen LogP contribution in [0.3, 0.4) is 0 Å². The minimum atomic E-state index is -0.295. The number of rotatable bonds is 6. The van der Waals surface area contributed by atoms with Gasteiger partial charge in [-0.25, -0.2) is 14.4 Å². The second kappa shape index (κ2) is 9.95. The maximum atomic E-state index is 13.7. The molecule has 1 unspecified atom stereocenters. The van der Waals surface area contributed by atoms with Gasteiger partial charge in [-0.05, 0) is 60.4 Å². The number of likely N-dealkylation sites (tertiary alicyclic amines) is 1. The molecule has 9 heteroatoms. The largest absolute Gasteiger partial charge is 0.497 e. The number of nitrogens with one attached hydrogen (secondary N) is 1. The number of aromatic nitrogens is 3. The van der Waals surface area contributed by atoms with Crippen LogP contribution in [-0.4, -0.2) is 38.8 Å². The average Bonchev–Trinajstić information content (AvgIpc) is 3.62. The van der Waals surface area contributed by atoms with E-state index < -0.39 is 0 Å². The van der Waals surface area contributed by atoms with E-state index in [2.05, 4.69) is 10.3 Å². The molecule has 1 atom stereocenters. The Bertz CT molecular complexity index is 1640. The Hall–Kier alpha value is -4.17. The van der Waals surface area contributed by atoms with Crippen molar-refractivity contribution >= 4 is 39.9 Å². The number of carbonyl (C=O) groups excluding carboxylic acids is 1. The molecular weight excluding hydrogens is 505 g/mol. The first kappa shape index (κ1) is 24.2. The van der Waals surface area contributed by atoms with Crippen molar-refractivity contribution in [2.24, 2.45) is 0 Å². The molecule has 0 saturated carbocycles. The van der Waals surface area contributed by atoms with E-state index in [1.165, 1.54) is 12.1 Å². The van der Waals surface area contributed by atoms with Crippen molar-refractivity contribution in [2.75, 3.05) is 19.0 Å². The molecule has 3 aromatic carbocycles. The summed E-state index contributed by atoms with van der Waals surface area (Å²) in [5.41, 5.74) is 4.57. The maximum absolute atomic E-state index is 13.7. The molecule has 1 saturated heterocycles. The lowest BCUT2D eigenvalue weighted by molar-refractivity contribution is 0.0736. The summed E-state index contributed by atoms with van der Waals surface area (Å²) in [4.78, 5) is 24.7. The number of methoxy groups -OCH3 is 1. The highest BCUT2D eigenvalue weighted by Gasteiger charge is 2.32. The molecule has 1 aliphatic rings. The molecule has 0 spiro atoms. The minimum absolute atomic E-state index is 0.120. The smallest absolute Gasteiger partial charge is 0.255 e.